The topological polar surface area (TPSA) is 24.1 Å². The van der Waals surface area contributed by atoms with Crippen LogP contribution in [0, 0.1) is 0 Å². The second-order valence-electron chi connectivity index (χ2n) is 3.44. The van der Waals surface area contributed by atoms with E-state index in [4.69, 9.17) is 0 Å². The largest absolute Gasteiger partial charge is 0.311 e. The molecule has 1 atom stereocenters. The molecular weight excluding hydrogens is 112 g/mol. The quantitative estimate of drug-likeness (QED) is 0.481. The van der Waals surface area contributed by atoms with Crippen LogP contribution in [-0.2, 0) is 0 Å². The van der Waals surface area contributed by atoms with E-state index in [0.717, 1.165) is 6.54 Å². The van der Waals surface area contributed by atoms with Gasteiger partial charge < -0.3 is 10.6 Å². The molecule has 0 radical (unpaired) electrons. The molecule has 2 nitrogen and oxygen atoms in total. The molecular formula is C7H14N2. The molecule has 0 aromatic heterocycles. The zero-order chi connectivity index (χ0) is 6.32. The van der Waals surface area contributed by atoms with Crippen LogP contribution in [0.4, 0.5) is 0 Å². The molecule has 2 N–H and O–H groups in total. The van der Waals surface area contributed by atoms with E-state index in [-0.39, 0.29) is 0 Å². The molecule has 1 aliphatic heterocycles. The molecule has 2 aliphatic rings. The summed E-state index contributed by atoms with van der Waals surface area (Å²) in [7, 11) is 0. The Bertz CT molecular complexity index is 108. The normalized spacial score (nSPS) is 39.0. The van der Waals surface area contributed by atoms with Gasteiger partial charge >= 0.3 is 0 Å². The highest BCUT2D eigenvalue weighted by molar-refractivity contribution is 5.06. The number of piperazine rings is 1. The fourth-order valence-corrected chi connectivity index (χ4v) is 1.38. The van der Waals surface area contributed by atoms with Gasteiger partial charge in [0.15, 0.2) is 0 Å². The molecule has 1 aliphatic carbocycles. The van der Waals surface area contributed by atoms with Crippen LogP contribution >= 0.6 is 0 Å². The number of nitrogens with one attached hydrogen (secondary N) is 2. The predicted octanol–water partition coefficient (Wildman–Crippen LogP) is 0.100. The van der Waals surface area contributed by atoms with Crippen molar-refractivity contribution in [1.82, 2.24) is 10.6 Å². The molecule has 0 bridgehead atoms. The lowest BCUT2D eigenvalue weighted by Gasteiger charge is -2.28. The molecule has 52 valence electrons. The van der Waals surface area contributed by atoms with Gasteiger partial charge in [-0.15, -0.1) is 0 Å². The molecule has 1 saturated carbocycles. The smallest absolute Gasteiger partial charge is 0.0308 e. The van der Waals surface area contributed by atoms with Gasteiger partial charge in [-0.1, -0.05) is 0 Å². The Morgan fingerprint density at radius 1 is 1.44 bits per heavy atom. The fraction of sp³-hybridized carbons (Fsp3) is 1.00. The van der Waals surface area contributed by atoms with E-state index >= 15 is 0 Å². The van der Waals surface area contributed by atoms with Gasteiger partial charge in [0.2, 0.25) is 0 Å². The average Bonchev–Trinajstić information content (AvgIpc) is 2.60. The van der Waals surface area contributed by atoms with E-state index in [9.17, 15) is 0 Å². The first-order valence-electron chi connectivity index (χ1n) is 3.79. The molecule has 0 aromatic rings. The molecule has 0 amide bonds. The summed E-state index contributed by atoms with van der Waals surface area (Å²) in [6.07, 6.45) is 2.76. The molecule has 1 spiro atoms. The maximum Gasteiger partial charge on any atom is 0.0308 e. The summed E-state index contributed by atoms with van der Waals surface area (Å²) in [4.78, 5) is 0. The third-order valence-electron chi connectivity index (χ3n) is 2.43. The second kappa shape index (κ2) is 1.70. The molecule has 2 rings (SSSR count). The molecule has 1 heterocycles. The Balaban J connectivity index is 1.91. The molecule has 1 saturated heterocycles. The first-order chi connectivity index (χ1) is 4.31. The minimum absolute atomic E-state index is 0.548. The SMILES string of the molecule is C[C@@H]1CNC2(CC2)CN1. The van der Waals surface area contributed by atoms with Gasteiger partial charge in [-0.25, -0.2) is 0 Å². The van der Waals surface area contributed by atoms with Crippen molar-refractivity contribution >= 4 is 0 Å². The number of hydrogen-bond donors (Lipinski definition) is 2. The zero-order valence-electron chi connectivity index (χ0n) is 5.91. The molecule has 2 heteroatoms. The van der Waals surface area contributed by atoms with Crippen molar-refractivity contribution in [3.05, 3.63) is 0 Å². The summed E-state index contributed by atoms with van der Waals surface area (Å²) < 4.78 is 0. The Morgan fingerprint density at radius 3 is 2.67 bits per heavy atom. The van der Waals surface area contributed by atoms with Crippen molar-refractivity contribution in [3.8, 4) is 0 Å². The Labute approximate surface area is 56.0 Å². The molecule has 0 aromatic carbocycles. The van der Waals surface area contributed by atoms with Crippen LogP contribution in [0.3, 0.4) is 0 Å². The number of hydrogen-bond acceptors (Lipinski definition) is 2. The van der Waals surface area contributed by atoms with Gasteiger partial charge in [0, 0.05) is 24.7 Å². The van der Waals surface area contributed by atoms with Gasteiger partial charge in [0.05, 0.1) is 0 Å². The van der Waals surface area contributed by atoms with Crippen molar-refractivity contribution in [2.75, 3.05) is 13.1 Å². The zero-order valence-corrected chi connectivity index (χ0v) is 5.91. The van der Waals surface area contributed by atoms with Crippen LogP contribution in [-0.4, -0.2) is 24.7 Å². The average molecular weight is 126 g/mol. The maximum absolute atomic E-state index is 3.56. The molecule has 9 heavy (non-hydrogen) atoms. The fourth-order valence-electron chi connectivity index (χ4n) is 1.38. The highest BCUT2D eigenvalue weighted by Gasteiger charge is 2.43. The lowest BCUT2D eigenvalue weighted by atomic mass is 10.1. The van der Waals surface area contributed by atoms with E-state index in [1.54, 1.807) is 0 Å². The predicted molar refractivity (Wildman–Crippen MR) is 37.4 cm³/mol. The summed E-state index contributed by atoms with van der Waals surface area (Å²) in [5, 5.41) is 7.03. The summed E-state index contributed by atoms with van der Waals surface area (Å²) >= 11 is 0. The van der Waals surface area contributed by atoms with Crippen molar-refractivity contribution in [1.29, 1.82) is 0 Å². The Morgan fingerprint density at radius 2 is 2.22 bits per heavy atom. The first-order valence-corrected chi connectivity index (χ1v) is 3.79. The highest BCUT2D eigenvalue weighted by Crippen LogP contribution is 2.35. The van der Waals surface area contributed by atoms with Gasteiger partial charge in [-0.2, -0.15) is 0 Å². The number of rotatable bonds is 0. The lowest BCUT2D eigenvalue weighted by molar-refractivity contribution is 0.346. The summed E-state index contributed by atoms with van der Waals surface area (Å²) in [6, 6.07) is 0.677. The van der Waals surface area contributed by atoms with Crippen molar-refractivity contribution in [3.63, 3.8) is 0 Å². The van der Waals surface area contributed by atoms with Crippen molar-refractivity contribution in [2.24, 2.45) is 0 Å². The van der Waals surface area contributed by atoms with E-state index in [1.165, 1.54) is 19.4 Å². The van der Waals surface area contributed by atoms with Crippen LogP contribution < -0.4 is 10.6 Å². The van der Waals surface area contributed by atoms with Gasteiger partial charge in [-0.3, -0.25) is 0 Å². The van der Waals surface area contributed by atoms with Crippen LogP contribution in [0.25, 0.3) is 0 Å². The van der Waals surface area contributed by atoms with Crippen LogP contribution in [0.5, 0.6) is 0 Å². The summed E-state index contributed by atoms with van der Waals surface area (Å²) in [5.74, 6) is 0. The van der Waals surface area contributed by atoms with E-state index < -0.39 is 0 Å². The van der Waals surface area contributed by atoms with Crippen LogP contribution in [0.2, 0.25) is 0 Å². The van der Waals surface area contributed by atoms with Gasteiger partial charge in [0.25, 0.3) is 0 Å². The molecule has 2 fully saturated rings. The van der Waals surface area contributed by atoms with E-state index in [0.29, 0.717) is 11.6 Å². The lowest BCUT2D eigenvalue weighted by Crippen LogP contribution is -2.54. The van der Waals surface area contributed by atoms with Crippen molar-refractivity contribution < 1.29 is 0 Å². The Kier molecular flexibility index (Phi) is 1.08. The van der Waals surface area contributed by atoms with Crippen LogP contribution in [0.15, 0.2) is 0 Å². The minimum Gasteiger partial charge on any atom is -0.311 e. The van der Waals surface area contributed by atoms with E-state index in [1.807, 2.05) is 0 Å². The minimum atomic E-state index is 0.548. The highest BCUT2D eigenvalue weighted by atomic mass is 15.1. The van der Waals surface area contributed by atoms with Crippen molar-refractivity contribution in [2.45, 2.75) is 31.3 Å². The van der Waals surface area contributed by atoms with E-state index in [2.05, 4.69) is 17.6 Å². The monoisotopic (exact) mass is 126 g/mol. The summed E-state index contributed by atoms with van der Waals surface area (Å²) in [5.41, 5.74) is 0.548. The third kappa shape index (κ3) is 0.970. The standard InChI is InChI=1S/C7H14N2/c1-6-4-9-7(2-3-7)5-8-6/h6,8-9H,2-5H2,1H3/t6-/m1/s1. The first kappa shape index (κ1) is 5.69. The third-order valence-corrected chi connectivity index (χ3v) is 2.43. The Hall–Kier alpha value is -0.0800. The summed E-state index contributed by atoms with van der Waals surface area (Å²) in [6.45, 7) is 4.57. The van der Waals surface area contributed by atoms with Gasteiger partial charge in [-0.05, 0) is 19.8 Å². The molecule has 0 unspecified atom stereocenters. The van der Waals surface area contributed by atoms with Crippen LogP contribution in [0.1, 0.15) is 19.8 Å². The second-order valence-corrected chi connectivity index (χ2v) is 3.44. The van der Waals surface area contributed by atoms with Gasteiger partial charge in [0.1, 0.15) is 0 Å². The maximum atomic E-state index is 3.56.